The molecule has 0 atom stereocenters. The summed E-state index contributed by atoms with van der Waals surface area (Å²) in [4.78, 5) is 10.8. The van der Waals surface area contributed by atoms with Crippen LogP contribution in [0.3, 0.4) is 0 Å². The SMILES string of the molecule is COC1=CC=C=C=C1c1cccc(C=O)c1O. The highest BCUT2D eigenvalue weighted by atomic mass is 16.5. The van der Waals surface area contributed by atoms with Crippen LogP contribution in [-0.2, 0) is 4.74 Å². The third-order valence-electron chi connectivity index (χ3n) is 2.45. The Balaban J connectivity index is 2.63. The number of allylic oxidation sites excluding steroid dienone is 3. The van der Waals surface area contributed by atoms with Crippen LogP contribution in [0.5, 0.6) is 5.75 Å². The normalized spacial score (nSPS) is 13.0. The van der Waals surface area contributed by atoms with E-state index in [-0.39, 0.29) is 11.3 Å². The molecule has 0 unspecified atom stereocenters. The lowest BCUT2D eigenvalue weighted by molar-refractivity contribution is 0.112. The molecule has 2 rings (SSSR count). The van der Waals surface area contributed by atoms with Gasteiger partial charge in [0.25, 0.3) is 0 Å². The number of rotatable bonds is 3. The maximum Gasteiger partial charge on any atom is 0.153 e. The number of phenols is 1. The summed E-state index contributed by atoms with van der Waals surface area (Å²) < 4.78 is 5.18. The molecule has 1 aliphatic carbocycles. The zero-order chi connectivity index (χ0) is 12.3. The number of hydrogen-bond acceptors (Lipinski definition) is 3. The molecule has 84 valence electrons. The van der Waals surface area contributed by atoms with Gasteiger partial charge in [-0.05, 0) is 24.3 Å². The van der Waals surface area contributed by atoms with Crippen molar-refractivity contribution in [2.24, 2.45) is 0 Å². The largest absolute Gasteiger partial charge is 0.507 e. The van der Waals surface area contributed by atoms with Gasteiger partial charge >= 0.3 is 0 Å². The first kappa shape index (κ1) is 11.0. The molecule has 0 spiro atoms. The summed E-state index contributed by atoms with van der Waals surface area (Å²) in [7, 11) is 1.54. The van der Waals surface area contributed by atoms with E-state index >= 15 is 0 Å². The summed E-state index contributed by atoms with van der Waals surface area (Å²) in [6.07, 6.45) is 4.00. The van der Waals surface area contributed by atoms with Gasteiger partial charge in [0.1, 0.15) is 11.5 Å². The van der Waals surface area contributed by atoms with Crippen LogP contribution in [0.25, 0.3) is 5.57 Å². The average Bonchev–Trinajstić information content (AvgIpc) is 2.39. The second kappa shape index (κ2) is 4.58. The lowest BCUT2D eigenvalue weighted by Gasteiger charge is -2.11. The van der Waals surface area contributed by atoms with Crippen LogP contribution in [0.2, 0.25) is 0 Å². The maximum absolute atomic E-state index is 10.8. The third-order valence-corrected chi connectivity index (χ3v) is 2.45. The van der Waals surface area contributed by atoms with Gasteiger partial charge in [0, 0.05) is 5.56 Å². The number of para-hydroxylation sites is 1. The fourth-order valence-corrected chi connectivity index (χ4v) is 1.60. The summed E-state index contributed by atoms with van der Waals surface area (Å²) in [6, 6.07) is 4.94. The van der Waals surface area contributed by atoms with E-state index in [2.05, 4.69) is 11.5 Å². The second-order valence-corrected chi connectivity index (χ2v) is 3.41. The van der Waals surface area contributed by atoms with Crippen molar-refractivity contribution in [3.05, 3.63) is 58.7 Å². The monoisotopic (exact) mass is 226 g/mol. The Morgan fingerprint density at radius 3 is 2.94 bits per heavy atom. The number of carbonyl (C=O) groups is 1. The molecule has 0 saturated heterocycles. The van der Waals surface area contributed by atoms with Crippen molar-refractivity contribution in [2.75, 3.05) is 7.11 Å². The van der Waals surface area contributed by atoms with Crippen LogP contribution in [0.15, 0.2) is 47.6 Å². The molecule has 0 heterocycles. The van der Waals surface area contributed by atoms with Gasteiger partial charge in [0.05, 0.1) is 18.2 Å². The fourth-order valence-electron chi connectivity index (χ4n) is 1.60. The molecule has 0 fully saturated rings. The van der Waals surface area contributed by atoms with Crippen molar-refractivity contribution in [3.63, 3.8) is 0 Å². The molecule has 1 N–H and O–H groups in total. The Bertz CT molecular complexity index is 596. The Morgan fingerprint density at radius 2 is 2.24 bits per heavy atom. The summed E-state index contributed by atoms with van der Waals surface area (Å²) in [6.45, 7) is 0. The predicted octanol–water partition coefficient (Wildman–Crippen LogP) is 2.44. The van der Waals surface area contributed by atoms with Crippen LogP contribution in [0.4, 0.5) is 0 Å². The highest BCUT2D eigenvalue weighted by Gasteiger charge is 2.15. The molecule has 17 heavy (non-hydrogen) atoms. The van der Waals surface area contributed by atoms with Crippen molar-refractivity contribution in [1.82, 2.24) is 0 Å². The zero-order valence-corrected chi connectivity index (χ0v) is 9.23. The van der Waals surface area contributed by atoms with E-state index in [1.807, 2.05) is 0 Å². The number of carbonyl (C=O) groups excluding carboxylic acids is 1. The molecule has 0 aromatic heterocycles. The second-order valence-electron chi connectivity index (χ2n) is 3.41. The number of aldehydes is 1. The first-order valence-electron chi connectivity index (χ1n) is 5.02. The van der Waals surface area contributed by atoms with Gasteiger partial charge in [-0.25, -0.2) is 0 Å². The van der Waals surface area contributed by atoms with E-state index in [0.29, 0.717) is 23.2 Å². The van der Waals surface area contributed by atoms with Crippen molar-refractivity contribution in [2.45, 2.75) is 0 Å². The van der Waals surface area contributed by atoms with Crippen LogP contribution in [0.1, 0.15) is 15.9 Å². The summed E-state index contributed by atoms with van der Waals surface area (Å²) in [5, 5.41) is 9.94. The maximum atomic E-state index is 10.8. The van der Waals surface area contributed by atoms with Gasteiger partial charge in [-0.3, -0.25) is 4.79 Å². The molecular formula is C14H10O3. The zero-order valence-electron chi connectivity index (χ0n) is 9.23. The van der Waals surface area contributed by atoms with Crippen LogP contribution >= 0.6 is 0 Å². The number of benzene rings is 1. The van der Waals surface area contributed by atoms with Crippen LogP contribution < -0.4 is 0 Å². The first-order valence-corrected chi connectivity index (χ1v) is 5.02. The molecule has 3 nitrogen and oxygen atoms in total. The number of ether oxygens (including phenoxy) is 1. The molecular weight excluding hydrogens is 216 g/mol. The lowest BCUT2D eigenvalue weighted by Crippen LogP contribution is -1.95. The molecule has 0 saturated carbocycles. The molecule has 1 aromatic rings. The predicted molar refractivity (Wildman–Crippen MR) is 63.6 cm³/mol. The number of aromatic hydroxyl groups is 1. The van der Waals surface area contributed by atoms with E-state index in [9.17, 15) is 9.90 Å². The molecule has 1 aliphatic rings. The Kier molecular flexibility index (Phi) is 2.97. The van der Waals surface area contributed by atoms with E-state index < -0.39 is 0 Å². The Morgan fingerprint density at radius 1 is 1.41 bits per heavy atom. The minimum atomic E-state index is -0.0725. The summed E-state index contributed by atoms with van der Waals surface area (Å²) in [5.41, 5.74) is 6.99. The van der Waals surface area contributed by atoms with Crippen molar-refractivity contribution in [3.8, 4) is 5.75 Å². The molecule has 3 heteroatoms. The van der Waals surface area contributed by atoms with Crippen LogP contribution in [-0.4, -0.2) is 18.5 Å². The molecule has 0 bridgehead atoms. The molecule has 0 aliphatic heterocycles. The highest BCUT2D eigenvalue weighted by Crippen LogP contribution is 2.32. The molecule has 1 aromatic carbocycles. The molecule has 0 radical (unpaired) electrons. The van der Waals surface area contributed by atoms with Gasteiger partial charge in [-0.2, -0.15) is 0 Å². The minimum absolute atomic E-state index is 0.0725. The standard InChI is InChI=1S/C14H10O3/c1-17-13-8-3-2-6-11(13)12-7-4-5-10(9-15)14(12)16/h3-5,7-9,16H,1H3. The van der Waals surface area contributed by atoms with Gasteiger partial charge in [-0.15, -0.1) is 0 Å². The summed E-state index contributed by atoms with van der Waals surface area (Å²) >= 11 is 0. The fraction of sp³-hybridized carbons (Fsp3) is 0.0714. The van der Waals surface area contributed by atoms with E-state index in [1.165, 1.54) is 7.11 Å². The van der Waals surface area contributed by atoms with E-state index in [4.69, 9.17) is 4.74 Å². The smallest absolute Gasteiger partial charge is 0.153 e. The topological polar surface area (TPSA) is 46.5 Å². The third kappa shape index (κ3) is 1.93. The van der Waals surface area contributed by atoms with Gasteiger partial charge < -0.3 is 9.84 Å². The quantitative estimate of drug-likeness (QED) is 0.636. The number of phenolic OH excluding ortho intramolecular Hbond substituents is 1. The van der Waals surface area contributed by atoms with E-state index in [0.717, 1.165) is 0 Å². The average molecular weight is 226 g/mol. The van der Waals surface area contributed by atoms with Crippen molar-refractivity contribution in [1.29, 1.82) is 0 Å². The Hall–Kier alpha value is -2.47. The number of hydrogen-bond donors (Lipinski definition) is 1. The van der Waals surface area contributed by atoms with Crippen molar-refractivity contribution >= 4 is 11.9 Å². The van der Waals surface area contributed by atoms with Crippen LogP contribution in [0, 0.1) is 0 Å². The van der Waals surface area contributed by atoms with Gasteiger partial charge in [0.15, 0.2) is 6.29 Å². The number of methoxy groups -OCH3 is 1. The van der Waals surface area contributed by atoms with Gasteiger partial charge in [-0.1, -0.05) is 17.5 Å². The highest BCUT2D eigenvalue weighted by molar-refractivity contribution is 5.88. The van der Waals surface area contributed by atoms with E-state index in [1.54, 1.807) is 30.4 Å². The lowest BCUT2D eigenvalue weighted by atomic mass is 9.99. The first-order chi connectivity index (χ1) is 8.27. The summed E-state index contributed by atoms with van der Waals surface area (Å²) in [5.74, 6) is 0.499. The molecule has 0 amide bonds. The van der Waals surface area contributed by atoms with Crippen molar-refractivity contribution < 1.29 is 14.6 Å². The Labute approximate surface area is 98.7 Å². The minimum Gasteiger partial charge on any atom is -0.507 e. The van der Waals surface area contributed by atoms with Gasteiger partial charge in [0.2, 0.25) is 0 Å².